The van der Waals surface area contributed by atoms with E-state index < -0.39 is 0 Å². The van der Waals surface area contributed by atoms with E-state index in [1.807, 2.05) is 71.9 Å². The number of benzene rings is 3. The number of carbonyl (C=O) groups is 2. The van der Waals surface area contributed by atoms with Crippen LogP contribution in [0.5, 0.6) is 0 Å². The van der Waals surface area contributed by atoms with Crippen molar-refractivity contribution in [1.82, 2.24) is 30.4 Å². The molecule has 2 aliphatic rings. The Labute approximate surface area is 400 Å². The van der Waals surface area contributed by atoms with Gasteiger partial charge in [0.25, 0.3) is 0 Å². The number of rotatable bonds is 26. The normalized spacial score (nSPS) is 17.4. The highest BCUT2D eigenvalue weighted by molar-refractivity contribution is 5.98. The van der Waals surface area contributed by atoms with Crippen LogP contribution < -0.4 is 20.9 Å². The molecule has 3 atom stereocenters. The number of halogens is 1. The monoisotopic (exact) mass is 933 g/mol. The molecule has 1 saturated heterocycles. The summed E-state index contributed by atoms with van der Waals surface area (Å²) < 4.78 is 36.6. The summed E-state index contributed by atoms with van der Waals surface area (Å²) in [7, 11) is 2.10. The molecule has 2 aromatic heterocycles. The van der Waals surface area contributed by atoms with Crippen molar-refractivity contribution >= 4 is 34.0 Å². The predicted molar refractivity (Wildman–Crippen MR) is 265 cm³/mol. The summed E-state index contributed by atoms with van der Waals surface area (Å²) in [5.41, 5.74) is 5.24. The summed E-state index contributed by atoms with van der Waals surface area (Å²) in [6.07, 6.45) is 6.06. The Kier molecular flexibility index (Phi) is 18.9. The van der Waals surface area contributed by atoms with E-state index in [2.05, 4.69) is 64.6 Å². The minimum atomic E-state index is -0.366. The number of piperazine rings is 1. The van der Waals surface area contributed by atoms with Gasteiger partial charge >= 0.3 is 0 Å². The largest absolute Gasteiger partial charge is 0.378 e. The number of nitrogens with one attached hydrogen (secondary N) is 3. The first-order valence-electron chi connectivity index (χ1n) is 23.9. The molecule has 7 rings (SSSR count). The number of amides is 2. The lowest BCUT2D eigenvalue weighted by atomic mass is 9.91. The maximum absolute atomic E-state index is 14.1. The number of likely N-dealkylation sites (N-methyl/N-ethyl adjacent to an activating group) is 1. The number of carbonyl (C=O) groups excluding carboxylic acids is 2. The molecule has 1 fully saturated rings. The van der Waals surface area contributed by atoms with Crippen LogP contribution in [0, 0.1) is 5.82 Å². The average Bonchev–Trinajstić information content (AvgIpc) is 3.61. The molecular formula is C53H69FN8O6. The van der Waals surface area contributed by atoms with Crippen LogP contribution in [-0.2, 0) is 40.4 Å². The predicted octanol–water partition coefficient (Wildman–Crippen LogP) is 5.66. The Morgan fingerprint density at radius 3 is 2.34 bits per heavy atom. The molecule has 0 radical (unpaired) electrons. The Bertz CT molecular complexity index is 2360. The van der Waals surface area contributed by atoms with Gasteiger partial charge in [0.1, 0.15) is 5.82 Å². The molecule has 0 saturated carbocycles. The van der Waals surface area contributed by atoms with Gasteiger partial charge in [0.15, 0.2) is 0 Å². The van der Waals surface area contributed by atoms with E-state index in [9.17, 15) is 14.0 Å². The standard InChI is InChI=1S/C53H69FN8O6/c1-39-35-61(37-50(63)62-38-53(2,3)51-49(62)29-41(31-58-51)28-40-10-13-45(54)14-11-40)47(33-57-39)36-60(4)19-21-66-23-25-68-27-26-67-24-22-65-20-18-56-34-48(42-8-6-5-7-9-42)52(64)59-46-15-12-44-32-55-17-16-43(44)30-46/h5-17,29-32,39,47-48,56-57H,18-28,33-38H2,1-4H3,(H,59,64)/t39-,47-,48?/m1/s1. The summed E-state index contributed by atoms with van der Waals surface area (Å²) in [6, 6.07) is 26.6. The van der Waals surface area contributed by atoms with Crippen LogP contribution in [0.3, 0.4) is 0 Å². The van der Waals surface area contributed by atoms with Crippen molar-refractivity contribution in [2.75, 3.05) is 122 Å². The molecule has 1 unspecified atom stereocenters. The summed E-state index contributed by atoms with van der Waals surface area (Å²) in [5, 5.41) is 12.1. The topological polar surface area (TPSA) is 143 Å². The van der Waals surface area contributed by atoms with Crippen LogP contribution in [0.2, 0.25) is 0 Å². The van der Waals surface area contributed by atoms with Crippen molar-refractivity contribution in [2.45, 2.75) is 50.6 Å². The number of anilines is 2. The Balaban J connectivity index is 0.722. The fourth-order valence-electron chi connectivity index (χ4n) is 8.86. The number of fused-ring (bicyclic) bond motifs is 2. The third kappa shape index (κ3) is 14.9. The zero-order valence-electron chi connectivity index (χ0n) is 40.1. The lowest BCUT2D eigenvalue weighted by molar-refractivity contribution is -0.121. The van der Waals surface area contributed by atoms with E-state index in [1.54, 1.807) is 18.3 Å². The van der Waals surface area contributed by atoms with Crippen molar-refractivity contribution in [3.8, 4) is 0 Å². The number of pyridine rings is 2. The third-order valence-corrected chi connectivity index (χ3v) is 12.6. The molecule has 0 bridgehead atoms. The summed E-state index contributed by atoms with van der Waals surface area (Å²) in [5.74, 6) is -0.618. The second kappa shape index (κ2) is 25.4. The number of nitrogens with zero attached hydrogens (tertiary/aromatic N) is 5. The first-order chi connectivity index (χ1) is 33.0. The summed E-state index contributed by atoms with van der Waals surface area (Å²) in [4.78, 5) is 43.0. The minimum Gasteiger partial charge on any atom is -0.378 e. The number of ether oxygens (including phenoxy) is 4. The van der Waals surface area contributed by atoms with Gasteiger partial charge in [0.05, 0.1) is 76.7 Å². The number of hydrogen-bond acceptors (Lipinski definition) is 12. The quantitative estimate of drug-likeness (QED) is 0.0590. The highest BCUT2D eigenvalue weighted by Crippen LogP contribution is 2.40. The highest BCUT2D eigenvalue weighted by Gasteiger charge is 2.41. The Morgan fingerprint density at radius 1 is 0.868 bits per heavy atom. The van der Waals surface area contributed by atoms with Gasteiger partial charge in [-0.2, -0.15) is 0 Å². The molecule has 15 heteroatoms. The minimum absolute atomic E-state index is 0.0742. The van der Waals surface area contributed by atoms with Gasteiger partial charge in [-0.15, -0.1) is 0 Å². The molecule has 14 nitrogen and oxygen atoms in total. The second-order valence-corrected chi connectivity index (χ2v) is 18.6. The zero-order chi connectivity index (χ0) is 47.7. The third-order valence-electron chi connectivity index (χ3n) is 12.6. The fraction of sp³-hybridized carbons (Fsp3) is 0.472. The average molecular weight is 933 g/mol. The molecule has 5 aromatic rings. The van der Waals surface area contributed by atoms with E-state index >= 15 is 0 Å². The van der Waals surface area contributed by atoms with Gasteiger partial charge in [0, 0.05) is 93.0 Å². The van der Waals surface area contributed by atoms with Crippen LogP contribution >= 0.6 is 0 Å². The van der Waals surface area contributed by atoms with Gasteiger partial charge in [-0.05, 0) is 78.9 Å². The molecular weight excluding hydrogens is 864 g/mol. The van der Waals surface area contributed by atoms with Crippen molar-refractivity contribution in [1.29, 1.82) is 0 Å². The maximum Gasteiger partial charge on any atom is 0.241 e. The fourth-order valence-corrected chi connectivity index (χ4v) is 8.86. The second-order valence-electron chi connectivity index (χ2n) is 18.6. The Morgan fingerprint density at radius 2 is 1.59 bits per heavy atom. The smallest absolute Gasteiger partial charge is 0.241 e. The number of hydrogen-bond donors (Lipinski definition) is 3. The van der Waals surface area contributed by atoms with Crippen LogP contribution in [0.15, 0.2) is 104 Å². The maximum atomic E-state index is 14.1. The molecule has 2 aliphatic heterocycles. The lowest BCUT2D eigenvalue weighted by Crippen LogP contribution is -2.60. The van der Waals surface area contributed by atoms with Crippen molar-refractivity contribution in [2.24, 2.45) is 0 Å². The summed E-state index contributed by atoms with van der Waals surface area (Å²) >= 11 is 0. The molecule has 4 heterocycles. The van der Waals surface area contributed by atoms with Crippen LogP contribution in [-0.4, -0.2) is 156 Å². The molecule has 2 amide bonds. The van der Waals surface area contributed by atoms with E-state index in [4.69, 9.17) is 23.9 Å². The molecule has 0 aliphatic carbocycles. The Hall–Kier alpha value is -5.23. The molecule has 3 N–H and O–H groups in total. The van der Waals surface area contributed by atoms with E-state index in [0.29, 0.717) is 85.5 Å². The van der Waals surface area contributed by atoms with Crippen molar-refractivity contribution in [3.63, 3.8) is 0 Å². The number of aromatic nitrogens is 2. The molecule has 364 valence electrons. The summed E-state index contributed by atoms with van der Waals surface area (Å²) in [6.45, 7) is 15.5. The SMILES string of the molecule is C[C@@H]1CN(CC(=O)N2CC(C)(C)c3ncc(Cc4ccc(F)cc4)cc32)[C@@H](CN(C)CCOCCOCCOCCOCCNCC(C(=O)Nc2ccc3cnccc3c2)c2ccccc2)CN1. The van der Waals surface area contributed by atoms with Crippen LogP contribution in [0.4, 0.5) is 15.8 Å². The molecule has 3 aromatic carbocycles. The van der Waals surface area contributed by atoms with E-state index in [1.165, 1.54) is 12.1 Å². The van der Waals surface area contributed by atoms with Gasteiger partial charge in [0.2, 0.25) is 11.8 Å². The van der Waals surface area contributed by atoms with Crippen molar-refractivity contribution < 1.29 is 32.9 Å². The van der Waals surface area contributed by atoms with Gasteiger partial charge in [-0.3, -0.25) is 24.5 Å². The first-order valence-corrected chi connectivity index (χ1v) is 23.9. The highest BCUT2D eigenvalue weighted by atomic mass is 19.1. The lowest BCUT2D eigenvalue weighted by Gasteiger charge is -2.41. The van der Waals surface area contributed by atoms with Crippen LogP contribution in [0.25, 0.3) is 10.8 Å². The first kappa shape index (κ1) is 50.6. The van der Waals surface area contributed by atoms with Crippen LogP contribution in [0.1, 0.15) is 49.1 Å². The zero-order valence-corrected chi connectivity index (χ0v) is 40.1. The van der Waals surface area contributed by atoms with E-state index in [-0.39, 0.29) is 41.0 Å². The molecule has 68 heavy (non-hydrogen) atoms. The van der Waals surface area contributed by atoms with Crippen molar-refractivity contribution in [3.05, 3.63) is 132 Å². The van der Waals surface area contributed by atoms with E-state index in [0.717, 1.165) is 70.7 Å². The molecule has 0 spiro atoms. The van der Waals surface area contributed by atoms with Gasteiger partial charge in [-0.25, -0.2) is 4.39 Å². The van der Waals surface area contributed by atoms with Gasteiger partial charge < -0.3 is 44.7 Å². The van der Waals surface area contributed by atoms with Gasteiger partial charge in [-0.1, -0.05) is 62.4 Å².